The SMILES string of the molecule is CCN=C1S/C(=C(/C)c2ccc(O)cc2)C(=O)N1CC. The number of carbonyl (C=O) groups excluding carboxylic acids is 1. The molecule has 1 aromatic rings. The molecule has 1 amide bonds. The van der Waals surface area contributed by atoms with E-state index < -0.39 is 0 Å². The first-order valence-corrected chi connectivity index (χ1v) is 7.44. The zero-order valence-corrected chi connectivity index (χ0v) is 12.7. The zero-order valence-electron chi connectivity index (χ0n) is 11.9. The van der Waals surface area contributed by atoms with Gasteiger partial charge in [0, 0.05) is 13.1 Å². The van der Waals surface area contributed by atoms with Gasteiger partial charge >= 0.3 is 0 Å². The summed E-state index contributed by atoms with van der Waals surface area (Å²) in [5.74, 6) is 0.232. The molecule has 4 nitrogen and oxygen atoms in total. The Morgan fingerprint density at radius 1 is 1.30 bits per heavy atom. The van der Waals surface area contributed by atoms with Crippen molar-refractivity contribution < 1.29 is 9.90 Å². The summed E-state index contributed by atoms with van der Waals surface area (Å²) in [6, 6.07) is 6.89. The van der Waals surface area contributed by atoms with Crippen molar-refractivity contribution in [2.24, 2.45) is 4.99 Å². The molecular formula is C15H18N2O2S. The van der Waals surface area contributed by atoms with E-state index in [9.17, 15) is 9.90 Å². The van der Waals surface area contributed by atoms with Gasteiger partial charge in [0.25, 0.3) is 5.91 Å². The van der Waals surface area contributed by atoms with Gasteiger partial charge in [-0.25, -0.2) is 0 Å². The molecule has 1 aliphatic rings. The van der Waals surface area contributed by atoms with Crippen molar-refractivity contribution in [1.29, 1.82) is 0 Å². The third kappa shape index (κ3) is 2.72. The molecule has 1 heterocycles. The van der Waals surface area contributed by atoms with Crippen molar-refractivity contribution in [3.63, 3.8) is 0 Å². The number of aromatic hydroxyl groups is 1. The molecule has 1 aromatic carbocycles. The van der Waals surface area contributed by atoms with Crippen LogP contribution in [0.15, 0.2) is 34.2 Å². The average Bonchev–Trinajstić information content (AvgIpc) is 2.75. The predicted octanol–water partition coefficient (Wildman–Crippen LogP) is 3.09. The number of aliphatic imine (C=N–C) groups is 1. The number of benzene rings is 1. The van der Waals surface area contributed by atoms with E-state index >= 15 is 0 Å². The summed E-state index contributed by atoms with van der Waals surface area (Å²) in [6.45, 7) is 7.12. The highest BCUT2D eigenvalue weighted by molar-refractivity contribution is 8.18. The van der Waals surface area contributed by atoms with Crippen LogP contribution < -0.4 is 0 Å². The molecular weight excluding hydrogens is 272 g/mol. The molecule has 5 heteroatoms. The van der Waals surface area contributed by atoms with Gasteiger partial charge in [-0.1, -0.05) is 12.1 Å². The van der Waals surface area contributed by atoms with Crippen LogP contribution in [0.25, 0.3) is 5.57 Å². The second kappa shape index (κ2) is 6.13. The van der Waals surface area contributed by atoms with Gasteiger partial charge in [0.15, 0.2) is 5.17 Å². The van der Waals surface area contributed by atoms with Gasteiger partial charge in [0.2, 0.25) is 0 Å². The van der Waals surface area contributed by atoms with Crippen LogP contribution in [0.2, 0.25) is 0 Å². The second-order valence-corrected chi connectivity index (χ2v) is 5.39. The lowest BCUT2D eigenvalue weighted by Crippen LogP contribution is -2.28. The highest BCUT2D eigenvalue weighted by Gasteiger charge is 2.33. The van der Waals surface area contributed by atoms with E-state index in [1.165, 1.54) is 11.8 Å². The van der Waals surface area contributed by atoms with E-state index in [-0.39, 0.29) is 11.7 Å². The van der Waals surface area contributed by atoms with Gasteiger partial charge < -0.3 is 5.11 Å². The summed E-state index contributed by atoms with van der Waals surface area (Å²) >= 11 is 1.43. The highest BCUT2D eigenvalue weighted by atomic mass is 32.2. The van der Waals surface area contributed by atoms with Crippen molar-refractivity contribution in [2.45, 2.75) is 20.8 Å². The lowest BCUT2D eigenvalue weighted by atomic mass is 10.1. The van der Waals surface area contributed by atoms with Crippen LogP contribution >= 0.6 is 11.8 Å². The number of rotatable bonds is 3. The normalized spacial score (nSPS) is 19.9. The number of amides is 1. The van der Waals surface area contributed by atoms with Crippen LogP contribution in [-0.4, -0.2) is 34.2 Å². The summed E-state index contributed by atoms with van der Waals surface area (Å²) in [6.07, 6.45) is 0. The van der Waals surface area contributed by atoms with Crippen LogP contribution in [0.5, 0.6) is 5.75 Å². The Morgan fingerprint density at radius 3 is 2.50 bits per heavy atom. The fourth-order valence-electron chi connectivity index (χ4n) is 2.01. The molecule has 0 spiro atoms. The molecule has 0 radical (unpaired) electrons. The Labute approximate surface area is 123 Å². The molecule has 20 heavy (non-hydrogen) atoms. The van der Waals surface area contributed by atoms with Gasteiger partial charge in [-0.2, -0.15) is 0 Å². The predicted molar refractivity (Wildman–Crippen MR) is 83.7 cm³/mol. The molecule has 1 fully saturated rings. The minimum Gasteiger partial charge on any atom is -0.508 e. The van der Waals surface area contributed by atoms with E-state index in [0.29, 0.717) is 18.0 Å². The van der Waals surface area contributed by atoms with E-state index in [1.807, 2.05) is 32.9 Å². The number of hydrogen-bond donors (Lipinski definition) is 1. The van der Waals surface area contributed by atoms with Crippen molar-refractivity contribution in [1.82, 2.24) is 4.90 Å². The minimum atomic E-state index is 0.00951. The quantitative estimate of drug-likeness (QED) is 0.870. The van der Waals surface area contributed by atoms with E-state index in [2.05, 4.69) is 4.99 Å². The molecule has 0 bridgehead atoms. The lowest BCUT2D eigenvalue weighted by molar-refractivity contribution is -0.122. The highest BCUT2D eigenvalue weighted by Crippen LogP contribution is 2.36. The average molecular weight is 290 g/mol. The van der Waals surface area contributed by atoms with E-state index in [4.69, 9.17) is 0 Å². The third-order valence-corrected chi connectivity index (χ3v) is 4.33. The van der Waals surface area contributed by atoms with Crippen molar-refractivity contribution in [3.05, 3.63) is 34.7 Å². The number of nitrogens with zero attached hydrogens (tertiary/aromatic N) is 2. The van der Waals surface area contributed by atoms with Crippen molar-refractivity contribution in [3.8, 4) is 5.75 Å². The summed E-state index contributed by atoms with van der Waals surface area (Å²) in [5, 5.41) is 10.1. The van der Waals surface area contributed by atoms with Crippen molar-refractivity contribution >= 4 is 28.4 Å². The molecule has 0 unspecified atom stereocenters. The Morgan fingerprint density at radius 2 is 1.95 bits per heavy atom. The van der Waals surface area contributed by atoms with Gasteiger partial charge in [-0.3, -0.25) is 14.7 Å². The molecule has 2 rings (SSSR count). The topological polar surface area (TPSA) is 52.9 Å². The summed E-state index contributed by atoms with van der Waals surface area (Å²) in [7, 11) is 0. The summed E-state index contributed by atoms with van der Waals surface area (Å²) < 4.78 is 0. The minimum absolute atomic E-state index is 0.00951. The first-order chi connectivity index (χ1) is 9.58. The maximum atomic E-state index is 12.4. The Balaban J connectivity index is 2.41. The molecule has 1 aliphatic heterocycles. The first-order valence-electron chi connectivity index (χ1n) is 6.62. The van der Waals surface area contributed by atoms with Crippen molar-refractivity contribution in [2.75, 3.05) is 13.1 Å². The number of hydrogen-bond acceptors (Lipinski definition) is 4. The molecule has 0 aromatic heterocycles. The molecule has 0 saturated carbocycles. The number of phenolic OH excluding ortho intramolecular Hbond substituents is 1. The Kier molecular flexibility index (Phi) is 4.49. The van der Waals surface area contributed by atoms with Gasteiger partial charge in [0.1, 0.15) is 5.75 Å². The molecule has 106 valence electrons. The largest absolute Gasteiger partial charge is 0.508 e. The third-order valence-electron chi connectivity index (χ3n) is 3.11. The number of phenols is 1. The summed E-state index contributed by atoms with van der Waals surface area (Å²) in [4.78, 5) is 19.2. The Hall–Kier alpha value is -1.75. The van der Waals surface area contributed by atoms with E-state index in [1.54, 1.807) is 17.0 Å². The van der Waals surface area contributed by atoms with Crippen LogP contribution in [0.4, 0.5) is 0 Å². The standard InChI is InChI=1S/C15H18N2O2S/c1-4-16-15-17(5-2)14(19)13(20-15)10(3)11-6-8-12(18)9-7-11/h6-9,18H,4-5H2,1-3H3/b13-10-,16-15?. The zero-order chi connectivity index (χ0) is 14.7. The number of amidine groups is 1. The van der Waals surface area contributed by atoms with Crippen LogP contribution in [0, 0.1) is 0 Å². The van der Waals surface area contributed by atoms with Crippen LogP contribution in [0.1, 0.15) is 26.3 Å². The number of likely N-dealkylation sites (N-methyl/N-ethyl adjacent to an activating group) is 1. The van der Waals surface area contributed by atoms with Gasteiger partial charge in [-0.15, -0.1) is 0 Å². The smallest absolute Gasteiger partial charge is 0.266 e. The monoisotopic (exact) mass is 290 g/mol. The lowest BCUT2D eigenvalue weighted by Gasteiger charge is -2.11. The van der Waals surface area contributed by atoms with Crippen LogP contribution in [-0.2, 0) is 4.79 Å². The molecule has 1 N–H and O–H groups in total. The number of allylic oxidation sites excluding steroid dienone is 1. The molecule has 0 aliphatic carbocycles. The molecule has 0 atom stereocenters. The maximum Gasteiger partial charge on any atom is 0.266 e. The Bertz CT molecular complexity index is 576. The second-order valence-electron chi connectivity index (χ2n) is 4.41. The van der Waals surface area contributed by atoms with Crippen LogP contribution in [0.3, 0.4) is 0 Å². The number of carbonyl (C=O) groups is 1. The molecule has 1 saturated heterocycles. The summed E-state index contributed by atoms with van der Waals surface area (Å²) in [5.41, 5.74) is 1.85. The number of thioether (sulfide) groups is 1. The fraction of sp³-hybridized carbons (Fsp3) is 0.333. The first kappa shape index (κ1) is 14.7. The van der Waals surface area contributed by atoms with E-state index in [0.717, 1.165) is 16.3 Å². The van der Waals surface area contributed by atoms with Gasteiger partial charge in [0.05, 0.1) is 4.91 Å². The maximum absolute atomic E-state index is 12.4. The fourth-order valence-corrected chi connectivity index (χ4v) is 3.18. The van der Waals surface area contributed by atoms with Gasteiger partial charge in [-0.05, 0) is 55.8 Å².